The van der Waals surface area contributed by atoms with E-state index in [0.717, 1.165) is 10.0 Å². The van der Waals surface area contributed by atoms with Crippen LogP contribution in [0, 0.1) is 5.82 Å². The van der Waals surface area contributed by atoms with Gasteiger partial charge in [-0.1, -0.05) is 33.6 Å². The third-order valence-electron chi connectivity index (χ3n) is 2.55. The Morgan fingerprint density at radius 2 is 2.05 bits per heavy atom. The number of hydrogen-bond acceptors (Lipinski definition) is 2. The van der Waals surface area contributed by atoms with Gasteiger partial charge in [-0.25, -0.2) is 9.18 Å². The molecule has 0 unspecified atom stereocenters. The molecule has 6 heteroatoms. The van der Waals surface area contributed by atoms with Crippen molar-refractivity contribution in [2.24, 2.45) is 0 Å². The Hall–Kier alpha value is -1.04. The van der Waals surface area contributed by atoms with Crippen molar-refractivity contribution in [2.75, 3.05) is 0 Å². The van der Waals surface area contributed by atoms with Crippen LogP contribution in [0.15, 0.2) is 45.8 Å². The molecule has 0 bridgehead atoms. The van der Waals surface area contributed by atoms with E-state index >= 15 is 0 Å². The number of carbonyl (C=O) groups is 1. The van der Waals surface area contributed by atoms with Crippen LogP contribution in [0.4, 0.5) is 4.39 Å². The molecule has 0 aromatic heterocycles. The molecule has 0 saturated carbocycles. The van der Waals surface area contributed by atoms with Crippen molar-refractivity contribution < 1.29 is 14.3 Å². The molecule has 104 valence electrons. The number of carboxylic acid groups (broad SMARTS) is 1. The number of rotatable bonds is 4. The molecule has 1 N–H and O–H groups in total. The van der Waals surface area contributed by atoms with E-state index in [1.807, 2.05) is 0 Å². The summed E-state index contributed by atoms with van der Waals surface area (Å²) < 4.78 is 14.1. The second-order valence-electron chi connectivity index (χ2n) is 3.98. The van der Waals surface area contributed by atoms with Crippen LogP contribution in [0.3, 0.4) is 0 Å². The summed E-state index contributed by atoms with van der Waals surface area (Å²) in [6.45, 7) is 0. The van der Waals surface area contributed by atoms with Crippen LogP contribution in [0.25, 0.3) is 0 Å². The predicted octanol–water partition coefficient (Wildman–Crippen LogP) is 5.23. The van der Waals surface area contributed by atoms with E-state index in [-0.39, 0.29) is 10.6 Å². The summed E-state index contributed by atoms with van der Waals surface area (Å²) in [7, 11) is 0. The van der Waals surface area contributed by atoms with E-state index in [1.165, 1.54) is 30.0 Å². The average Bonchev–Trinajstić information content (AvgIpc) is 2.40. The summed E-state index contributed by atoms with van der Waals surface area (Å²) in [6, 6.07) is 9.52. The molecule has 0 radical (unpaired) electrons. The Balaban J connectivity index is 2.20. The topological polar surface area (TPSA) is 37.3 Å². The van der Waals surface area contributed by atoms with Gasteiger partial charge in [0, 0.05) is 15.1 Å². The third kappa shape index (κ3) is 3.75. The molecule has 0 aliphatic heterocycles. The minimum absolute atomic E-state index is 0.0763. The maximum atomic E-state index is 13.3. The summed E-state index contributed by atoms with van der Waals surface area (Å²) >= 11 is 10.3. The lowest BCUT2D eigenvalue weighted by atomic mass is 10.2. The van der Waals surface area contributed by atoms with Crippen LogP contribution in [0.2, 0.25) is 5.02 Å². The molecular formula is C14H9BrClFO2S. The van der Waals surface area contributed by atoms with Crippen LogP contribution < -0.4 is 0 Å². The smallest absolute Gasteiger partial charge is 0.336 e. The summed E-state index contributed by atoms with van der Waals surface area (Å²) in [6.07, 6.45) is 0. The van der Waals surface area contributed by atoms with Crippen molar-refractivity contribution in [3.63, 3.8) is 0 Å². The second kappa shape index (κ2) is 6.61. The van der Waals surface area contributed by atoms with Gasteiger partial charge in [-0.05, 0) is 35.9 Å². The zero-order chi connectivity index (χ0) is 14.7. The lowest BCUT2D eigenvalue weighted by molar-refractivity contribution is 0.0693. The third-order valence-corrected chi connectivity index (χ3v) is 4.48. The fraction of sp³-hybridized carbons (Fsp3) is 0.0714. The Bertz CT molecular complexity index is 664. The normalized spacial score (nSPS) is 10.6. The number of hydrogen-bond donors (Lipinski definition) is 1. The molecule has 0 aliphatic carbocycles. The Kier molecular flexibility index (Phi) is 5.07. The molecule has 0 amide bonds. The molecule has 0 fully saturated rings. The quantitative estimate of drug-likeness (QED) is 0.743. The Labute approximate surface area is 133 Å². The summed E-state index contributed by atoms with van der Waals surface area (Å²) in [5, 5.41) is 9.20. The maximum absolute atomic E-state index is 13.3. The Morgan fingerprint density at radius 1 is 1.30 bits per heavy atom. The highest BCUT2D eigenvalue weighted by Crippen LogP contribution is 2.30. The molecule has 2 nitrogen and oxygen atoms in total. The van der Waals surface area contributed by atoms with Crippen molar-refractivity contribution in [3.8, 4) is 0 Å². The van der Waals surface area contributed by atoms with E-state index in [1.54, 1.807) is 18.2 Å². The lowest BCUT2D eigenvalue weighted by Crippen LogP contribution is -1.98. The minimum Gasteiger partial charge on any atom is -0.478 e. The number of halogens is 3. The molecule has 2 aromatic rings. The SMILES string of the molecule is O=C(O)c1ccc(Br)cc1SCc1ccc(Cl)c(F)c1. The molecule has 0 atom stereocenters. The monoisotopic (exact) mass is 374 g/mol. The first kappa shape index (κ1) is 15.4. The first-order valence-electron chi connectivity index (χ1n) is 5.57. The molecule has 20 heavy (non-hydrogen) atoms. The molecule has 0 saturated heterocycles. The van der Waals surface area contributed by atoms with E-state index in [2.05, 4.69) is 15.9 Å². The molecular weight excluding hydrogens is 367 g/mol. The van der Waals surface area contributed by atoms with Gasteiger partial charge < -0.3 is 5.11 Å². The van der Waals surface area contributed by atoms with E-state index in [0.29, 0.717) is 10.6 Å². The summed E-state index contributed by atoms with van der Waals surface area (Å²) in [4.78, 5) is 11.8. The Morgan fingerprint density at radius 3 is 2.70 bits per heavy atom. The van der Waals surface area contributed by atoms with Gasteiger partial charge in [-0.15, -0.1) is 11.8 Å². The van der Waals surface area contributed by atoms with Crippen LogP contribution in [-0.4, -0.2) is 11.1 Å². The minimum atomic E-state index is -0.984. The molecule has 2 rings (SSSR count). The standard InChI is InChI=1S/C14H9BrClFO2S/c15-9-2-3-10(14(18)19)13(6-9)20-7-8-1-4-11(16)12(17)5-8/h1-6H,7H2,(H,18,19). The van der Waals surface area contributed by atoms with Gasteiger partial charge in [0.1, 0.15) is 5.82 Å². The largest absolute Gasteiger partial charge is 0.478 e. The molecule has 0 spiro atoms. The summed E-state index contributed by atoms with van der Waals surface area (Å²) in [5.41, 5.74) is 0.973. The summed E-state index contributed by atoms with van der Waals surface area (Å²) in [5.74, 6) is -0.995. The molecule has 0 aliphatic rings. The van der Waals surface area contributed by atoms with Crippen LogP contribution in [0.5, 0.6) is 0 Å². The van der Waals surface area contributed by atoms with Crippen LogP contribution >= 0.6 is 39.3 Å². The fourth-order valence-corrected chi connectivity index (χ4v) is 3.24. The van der Waals surface area contributed by atoms with Crippen molar-refractivity contribution in [2.45, 2.75) is 10.6 Å². The van der Waals surface area contributed by atoms with Crippen molar-refractivity contribution in [3.05, 3.63) is 62.8 Å². The van der Waals surface area contributed by atoms with Gasteiger partial charge in [0.15, 0.2) is 0 Å². The average molecular weight is 376 g/mol. The van der Waals surface area contributed by atoms with Gasteiger partial charge in [0.25, 0.3) is 0 Å². The molecule has 0 heterocycles. The molecule has 2 aromatic carbocycles. The predicted molar refractivity (Wildman–Crippen MR) is 82.1 cm³/mol. The van der Waals surface area contributed by atoms with Gasteiger partial charge in [0.05, 0.1) is 10.6 Å². The van der Waals surface area contributed by atoms with Gasteiger partial charge in [0.2, 0.25) is 0 Å². The van der Waals surface area contributed by atoms with E-state index in [9.17, 15) is 9.18 Å². The number of thioether (sulfide) groups is 1. The maximum Gasteiger partial charge on any atom is 0.336 e. The highest BCUT2D eigenvalue weighted by molar-refractivity contribution is 9.10. The van der Waals surface area contributed by atoms with Crippen LogP contribution in [0.1, 0.15) is 15.9 Å². The van der Waals surface area contributed by atoms with Gasteiger partial charge >= 0.3 is 5.97 Å². The first-order chi connectivity index (χ1) is 9.47. The zero-order valence-corrected chi connectivity index (χ0v) is 13.2. The fourth-order valence-electron chi connectivity index (χ4n) is 1.58. The van der Waals surface area contributed by atoms with Crippen LogP contribution in [-0.2, 0) is 5.75 Å². The highest BCUT2D eigenvalue weighted by atomic mass is 79.9. The second-order valence-corrected chi connectivity index (χ2v) is 6.32. The zero-order valence-electron chi connectivity index (χ0n) is 10.1. The van der Waals surface area contributed by atoms with Crippen molar-refractivity contribution in [1.29, 1.82) is 0 Å². The number of aromatic carboxylic acids is 1. The van der Waals surface area contributed by atoms with Gasteiger partial charge in [-0.2, -0.15) is 0 Å². The number of benzene rings is 2. The number of carboxylic acids is 1. The highest BCUT2D eigenvalue weighted by Gasteiger charge is 2.11. The van der Waals surface area contributed by atoms with Crippen molar-refractivity contribution >= 4 is 45.3 Å². The van der Waals surface area contributed by atoms with Crippen molar-refractivity contribution in [1.82, 2.24) is 0 Å². The van der Waals surface area contributed by atoms with E-state index < -0.39 is 11.8 Å². The van der Waals surface area contributed by atoms with Gasteiger partial charge in [-0.3, -0.25) is 0 Å². The first-order valence-corrected chi connectivity index (χ1v) is 7.72. The van der Waals surface area contributed by atoms with E-state index in [4.69, 9.17) is 16.7 Å². The lowest BCUT2D eigenvalue weighted by Gasteiger charge is -2.07.